The van der Waals surface area contributed by atoms with Gasteiger partial charge in [-0.05, 0) is 68.8 Å². The minimum absolute atomic E-state index is 0.121. The number of rotatable bonds is 1. The summed E-state index contributed by atoms with van der Waals surface area (Å²) in [5, 5.41) is 3.57. The maximum absolute atomic E-state index is 12.6. The third kappa shape index (κ3) is 2.42. The number of hydrogen-bond acceptors (Lipinski definition) is 3. The second-order valence-corrected chi connectivity index (χ2v) is 8.69. The normalized spacial score (nSPS) is 24.3. The molecule has 2 heterocycles. The molecule has 2 nitrogen and oxygen atoms in total. The molecule has 0 saturated carbocycles. The Labute approximate surface area is 151 Å². The molecule has 3 aliphatic rings. The van der Waals surface area contributed by atoms with Gasteiger partial charge in [0.05, 0.1) is 0 Å². The Kier molecular flexibility index (Phi) is 3.99. The van der Waals surface area contributed by atoms with Crippen LogP contribution in [0.4, 0.5) is 0 Å². The summed E-state index contributed by atoms with van der Waals surface area (Å²) in [5.41, 5.74) is 4.72. The van der Waals surface area contributed by atoms with Crippen LogP contribution in [0.3, 0.4) is 0 Å². The van der Waals surface area contributed by atoms with Crippen molar-refractivity contribution in [2.45, 2.75) is 31.6 Å². The highest BCUT2D eigenvalue weighted by Crippen LogP contribution is 2.50. The molecule has 1 unspecified atom stereocenters. The van der Waals surface area contributed by atoms with Gasteiger partial charge in [0, 0.05) is 48.9 Å². The van der Waals surface area contributed by atoms with Gasteiger partial charge in [-0.3, -0.25) is 4.79 Å². The van der Waals surface area contributed by atoms with Gasteiger partial charge in [-0.2, -0.15) is 0 Å². The standard InChI is InChI=1S/C17H15Br2NOS/c18-10-5-4-9(8-11(10)19)15-16-12(2-1-3-14(16)21)20-13-6-7-22-17(13)15/h4-5,8,15,20H,1-3,6-7H2. The Morgan fingerprint density at radius 1 is 1.09 bits per heavy atom. The Morgan fingerprint density at radius 3 is 2.77 bits per heavy atom. The zero-order valence-corrected chi connectivity index (χ0v) is 15.9. The van der Waals surface area contributed by atoms with E-state index in [0.717, 1.165) is 39.5 Å². The highest BCUT2D eigenvalue weighted by molar-refractivity contribution is 9.13. The van der Waals surface area contributed by atoms with Crippen LogP contribution in [-0.4, -0.2) is 11.5 Å². The number of benzene rings is 1. The first kappa shape index (κ1) is 15.0. The smallest absolute Gasteiger partial charge is 0.161 e. The molecule has 0 saturated heterocycles. The van der Waals surface area contributed by atoms with Crippen LogP contribution in [0.5, 0.6) is 0 Å². The number of nitrogens with one attached hydrogen (secondary N) is 1. The SMILES string of the molecule is O=C1CCCC2=C1C(c1ccc(Br)c(Br)c1)C1=C(CCS1)N2. The fraction of sp³-hybridized carbons (Fsp3) is 0.353. The van der Waals surface area contributed by atoms with Crippen molar-refractivity contribution >= 4 is 49.4 Å². The van der Waals surface area contributed by atoms with Crippen molar-refractivity contribution in [3.63, 3.8) is 0 Å². The van der Waals surface area contributed by atoms with E-state index in [0.29, 0.717) is 12.2 Å². The summed E-state index contributed by atoms with van der Waals surface area (Å²) in [5.74, 6) is 1.55. The molecule has 0 fully saturated rings. The summed E-state index contributed by atoms with van der Waals surface area (Å²) in [6.07, 6.45) is 3.73. The molecule has 2 aliphatic heterocycles. The Balaban J connectivity index is 1.87. The monoisotopic (exact) mass is 439 g/mol. The van der Waals surface area contributed by atoms with E-state index in [9.17, 15) is 4.79 Å². The minimum Gasteiger partial charge on any atom is -0.361 e. The average molecular weight is 441 g/mol. The van der Waals surface area contributed by atoms with Gasteiger partial charge in [0.25, 0.3) is 0 Å². The molecule has 0 amide bonds. The molecule has 4 rings (SSSR count). The van der Waals surface area contributed by atoms with Crippen molar-refractivity contribution in [3.8, 4) is 0 Å². The maximum Gasteiger partial charge on any atom is 0.161 e. The lowest BCUT2D eigenvalue weighted by Crippen LogP contribution is -2.30. The maximum atomic E-state index is 12.6. The second kappa shape index (κ2) is 5.84. The number of carbonyl (C=O) groups is 1. The van der Waals surface area contributed by atoms with E-state index in [1.54, 1.807) is 0 Å². The van der Waals surface area contributed by atoms with Crippen molar-refractivity contribution in [3.05, 3.63) is 54.6 Å². The highest BCUT2D eigenvalue weighted by Gasteiger charge is 2.38. The lowest BCUT2D eigenvalue weighted by Gasteiger charge is -2.33. The lowest BCUT2D eigenvalue weighted by molar-refractivity contribution is -0.116. The summed E-state index contributed by atoms with van der Waals surface area (Å²) in [4.78, 5) is 14.0. The first-order chi connectivity index (χ1) is 10.6. The molecule has 0 spiro atoms. The molecule has 114 valence electrons. The number of thioether (sulfide) groups is 1. The predicted molar refractivity (Wildman–Crippen MR) is 97.7 cm³/mol. The van der Waals surface area contributed by atoms with Gasteiger partial charge in [0.1, 0.15) is 0 Å². The number of halogens is 2. The largest absolute Gasteiger partial charge is 0.361 e. The van der Waals surface area contributed by atoms with E-state index >= 15 is 0 Å². The zero-order chi connectivity index (χ0) is 15.3. The third-order valence-corrected chi connectivity index (χ3v) is 7.57. The molecule has 1 N–H and O–H groups in total. The Hall–Kier alpha value is -0.520. The molecule has 1 aromatic rings. The predicted octanol–water partition coefficient (Wildman–Crippen LogP) is 5.25. The molecule has 0 aromatic heterocycles. The summed E-state index contributed by atoms with van der Waals surface area (Å²) in [7, 11) is 0. The van der Waals surface area contributed by atoms with Crippen LogP contribution in [0.1, 0.15) is 37.2 Å². The minimum atomic E-state index is 0.121. The number of hydrogen-bond donors (Lipinski definition) is 1. The molecule has 5 heteroatoms. The summed E-state index contributed by atoms with van der Waals surface area (Å²) in [6, 6.07) is 6.35. The first-order valence-electron chi connectivity index (χ1n) is 7.49. The summed E-state index contributed by atoms with van der Waals surface area (Å²) in [6.45, 7) is 0. The van der Waals surface area contributed by atoms with Crippen molar-refractivity contribution in [1.82, 2.24) is 5.32 Å². The van der Waals surface area contributed by atoms with Gasteiger partial charge in [-0.1, -0.05) is 6.07 Å². The van der Waals surface area contributed by atoms with Crippen molar-refractivity contribution in [2.24, 2.45) is 0 Å². The van der Waals surface area contributed by atoms with Gasteiger partial charge >= 0.3 is 0 Å². The highest BCUT2D eigenvalue weighted by atomic mass is 79.9. The average Bonchev–Trinajstić information content (AvgIpc) is 2.96. The van der Waals surface area contributed by atoms with Gasteiger partial charge < -0.3 is 5.32 Å². The van der Waals surface area contributed by atoms with Crippen LogP contribution < -0.4 is 5.32 Å². The molecular weight excluding hydrogens is 426 g/mol. The van der Waals surface area contributed by atoms with Crippen molar-refractivity contribution in [2.75, 3.05) is 5.75 Å². The van der Waals surface area contributed by atoms with Gasteiger partial charge in [0.2, 0.25) is 0 Å². The van der Waals surface area contributed by atoms with Gasteiger partial charge in [-0.15, -0.1) is 11.8 Å². The Bertz CT molecular complexity index is 738. The van der Waals surface area contributed by atoms with Gasteiger partial charge in [0.15, 0.2) is 5.78 Å². The molecule has 1 aliphatic carbocycles. The van der Waals surface area contributed by atoms with E-state index in [-0.39, 0.29) is 5.92 Å². The molecule has 22 heavy (non-hydrogen) atoms. The lowest BCUT2D eigenvalue weighted by atomic mass is 9.79. The van der Waals surface area contributed by atoms with Crippen LogP contribution in [0, 0.1) is 0 Å². The number of Topliss-reactive ketones (excluding diaryl/α,β-unsaturated/α-hetero) is 1. The van der Waals surface area contributed by atoms with Crippen LogP contribution in [0.2, 0.25) is 0 Å². The Morgan fingerprint density at radius 2 is 1.95 bits per heavy atom. The quantitative estimate of drug-likeness (QED) is 0.646. The number of dihydropyridines is 1. The fourth-order valence-corrected chi connectivity index (χ4v) is 5.42. The number of ketones is 1. The van der Waals surface area contributed by atoms with E-state index in [4.69, 9.17) is 0 Å². The molecule has 1 atom stereocenters. The third-order valence-electron chi connectivity index (χ3n) is 4.49. The van der Waals surface area contributed by atoms with Crippen LogP contribution in [0.15, 0.2) is 49.0 Å². The molecular formula is C17H15Br2NOS. The van der Waals surface area contributed by atoms with Gasteiger partial charge in [-0.25, -0.2) is 0 Å². The van der Waals surface area contributed by atoms with Crippen LogP contribution in [0.25, 0.3) is 0 Å². The van der Waals surface area contributed by atoms with E-state index < -0.39 is 0 Å². The second-order valence-electron chi connectivity index (χ2n) is 5.84. The summed E-state index contributed by atoms with van der Waals surface area (Å²) >= 11 is 9.04. The topological polar surface area (TPSA) is 29.1 Å². The van der Waals surface area contributed by atoms with Crippen LogP contribution in [-0.2, 0) is 4.79 Å². The van der Waals surface area contributed by atoms with E-state index in [1.807, 2.05) is 11.8 Å². The van der Waals surface area contributed by atoms with Crippen molar-refractivity contribution < 1.29 is 4.79 Å². The molecule has 0 bridgehead atoms. The number of allylic oxidation sites excluding steroid dienone is 4. The van der Waals surface area contributed by atoms with E-state index in [1.165, 1.54) is 21.9 Å². The van der Waals surface area contributed by atoms with Crippen LogP contribution >= 0.6 is 43.6 Å². The summed E-state index contributed by atoms with van der Waals surface area (Å²) < 4.78 is 2.08. The first-order valence-corrected chi connectivity index (χ1v) is 10.1. The zero-order valence-electron chi connectivity index (χ0n) is 11.9. The fourth-order valence-electron chi connectivity index (χ4n) is 3.51. The van der Waals surface area contributed by atoms with Crippen molar-refractivity contribution in [1.29, 1.82) is 0 Å². The van der Waals surface area contributed by atoms with E-state index in [2.05, 4.69) is 55.4 Å². The molecule has 1 aromatic carbocycles. The number of carbonyl (C=O) groups excluding carboxylic acids is 1. The molecule has 0 radical (unpaired) electrons.